The van der Waals surface area contributed by atoms with E-state index in [2.05, 4.69) is 53.7 Å². The summed E-state index contributed by atoms with van der Waals surface area (Å²) < 4.78 is 0. The van der Waals surface area contributed by atoms with Crippen molar-refractivity contribution in [3.05, 3.63) is 34.4 Å². The van der Waals surface area contributed by atoms with Crippen LogP contribution in [0.15, 0.2) is 12.1 Å². The Morgan fingerprint density at radius 2 is 1.44 bits per heavy atom. The molecular weight excluding hydrogens is 192 g/mol. The van der Waals surface area contributed by atoms with Crippen molar-refractivity contribution >= 4 is 0 Å². The third-order valence-electron chi connectivity index (χ3n) is 4.52. The summed E-state index contributed by atoms with van der Waals surface area (Å²) in [6.45, 7) is 14.1. The number of fused-ring (bicyclic) bond motifs is 1. The van der Waals surface area contributed by atoms with Crippen LogP contribution < -0.4 is 0 Å². The summed E-state index contributed by atoms with van der Waals surface area (Å²) in [5.74, 6) is 0. The fraction of sp³-hybridized carbons (Fsp3) is 0.625. The SMILES string of the molecule is Cc1ccc2c(c1C)C(C)(C)CCC2(C)C. The molecule has 0 saturated carbocycles. The van der Waals surface area contributed by atoms with Gasteiger partial charge in [-0.15, -0.1) is 0 Å². The first kappa shape index (κ1) is 11.7. The number of aryl methyl sites for hydroxylation is 1. The Labute approximate surface area is 100 Å². The van der Waals surface area contributed by atoms with Gasteiger partial charge < -0.3 is 0 Å². The van der Waals surface area contributed by atoms with Crippen molar-refractivity contribution in [2.45, 2.75) is 65.2 Å². The molecule has 0 aliphatic heterocycles. The Balaban J connectivity index is 2.75. The van der Waals surface area contributed by atoms with E-state index < -0.39 is 0 Å². The summed E-state index contributed by atoms with van der Waals surface area (Å²) in [7, 11) is 0. The van der Waals surface area contributed by atoms with Gasteiger partial charge in [0.2, 0.25) is 0 Å². The molecule has 16 heavy (non-hydrogen) atoms. The van der Waals surface area contributed by atoms with Crippen LogP contribution in [0.5, 0.6) is 0 Å². The van der Waals surface area contributed by atoms with Gasteiger partial charge in [0, 0.05) is 0 Å². The van der Waals surface area contributed by atoms with Crippen molar-refractivity contribution < 1.29 is 0 Å². The van der Waals surface area contributed by atoms with Gasteiger partial charge in [-0.2, -0.15) is 0 Å². The second-order valence-corrected chi connectivity index (χ2v) is 6.70. The zero-order valence-corrected chi connectivity index (χ0v) is 11.6. The van der Waals surface area contributed by atoms with Crippen molar-refractivity contribution in [3.63, 3.8) is 0 Å². The molecule has 1 aromatic carbocycles. The first-order chi connectivity index (χ1) is 7.26. The lowest BCUT2D eigenvalue weighted by atomic mass is 9.62. The topological polar surface area (TPSA) is 0 Å². The van der Waals surface area contributed by atoms with Gasteiger partial charge in [0.25, 0.3) is 0 Å². The second-order valence-electron chi connectivity index (χ2n) is 6.70. The number of hydrogen-bond donors (Lipinski definition) is 0. The van der Waals surface area contributed by atoms with Gasteiger partial charge in [-0.3, -0.25) is 0 Å². The largest absolute Gasteiger partial charge is 0.0587 e. The molecule has 0 bridgehead atoms. The van der Waals surface area contributed by atoms with E-state index in [1.807, 2.05) is 0 Å². The maximum absolute atomic E-state index is 2.40. The first-order valence-corrected chi connectivity index (χ1v) is 6.37. The number of hydrogen-bond acceptors (Lipinski definition) is 0. The maximum atomic E-state index is 2.40. The zero-order valence-electron chi connectivity index (χ0n) is 11.6. The molecule has 1 aromatic rings. The molecule has 0 aromatic heterocycles. The van der Waals surface area contributed by atoms with Crippen LogP contribution in [0.25, 0.3) is 0 Å². The zero-order chi connectivity index (χ0) is 12.1. The van der Waals surface area contributed by atoms with E-state index in [9.17, 15) is 0 Å². The van der Waals surface area contributed by atoms with E-state index in [0.717, 1.165) is 0 Å². The lowest BCUT2D eigenvalue weighted by molar-refractivity contribution is 0.330. The third kappa shape index (κ3) is 1.59. The lowest BCUT2D eigenvalue weighted by Crippen LogP contribution is -2.34. The fourth-order valence-corrected chi connectivity index (χ4v) is 3.14. The quantitative estimate of drug-likeness (QED) is 0.592. The molecule has 1 aliphatic rings. The Kier molecular flexibility index (Phi) is 2.45. The average molecular weight is 216 g/mol. The third-order valence-corrected chi connectivity index (χ3v) is 4.52. The summed E-state index contributed by atoms with van der Waals surface area (Å²) in [6, 6.07) is 4.65. The van der Waals surface area contributed by atoms with Crippen molar-refractivity contribution in [1.82, 2.24) is 0 Å². The molecule has 0 radical (unpaired) electrons. The monoisotopic (exact) mass is 216 g/mol. The van der Waals surface area contributed by atoms with E-state index in [0.29, 0.717) is 10.8 Å². The van der Waals surface area contributed by atoms with Gasteiger partial charge in [-0.1, -0.05) is 39.8 Å². The van der Waals surface area contributed by atoms with Crippen molar-refractivity contribution in [3.8, 4) is 0 Å². The van der Waals surface area contributed by atoms with Crippen LogP contribution in [0, 0.1) is 13.8 Å². The Hall–Kier alpha value is -0.780. The molecule has 0 saturated heterocycles. The lowest BCUT2D eigenvalue weighted by Gasteiger charge is -2.43. The fourth-order valence-electron chi connectivity index (χ4n) is 3.14. The minimum Gasteiger partial charge on any atom is -0.0587 e. The van der Waals surface area contributed by atoms with Gasteiger partial charge in [-0.25, -0.2) is 0 Å². The molecule has 0 spiro atoms. The highest BCUT2D eigenvalue weighted by Crippen LogP contribution is 2.47. The summed E-state index contributed by atoms with van der Waals surface area (Å²) >= 11 is 0. The molecule has 88 valence electrons. The highest BCUT2D eigenvalue weighted by Gasteiger charge is 2.37. The normalized spacial score (nSPS) is 21.6. The molecule has 0 nitrogen and oxygen atoms in total. The van der Waals surface area contributed by atoms with Crippen LogP contribution in [-0.2, 0) is 10.8 Å². The van der Waals surface area contributed by atoms with E-state index in [1.54, 1.807) is 11.1 Å². The Bertz CT molecular complexity index is 422. The molecular formula is C16H24. The van der Waals surface area contributed by atoms with E-state index in [4.69, 9.17) is 0 Å². The molecule has 0 heterocycles. The van der Waals surface area contributed by atoms with Crippen molar-refractivity contribution in [2.24, 2.45) is 0 Å². The Morgan fingerprint density at radius 3 is 2.06 bits per heavy atom. The highest BCUT2D eigenvalue weighted by molar-refractivity contribution is 5.48. The average Bonchev–Trinajstić information content (AvgIpc) is 2.17. The van der Waals surface area contributed by atoms with Crippen LogP contribution in [-0.4, -0.2) is 0 Å². The summed E-state index contributed by atoms with van der Waals surface area (Å²) in [5.41, 5.74) is 6.83. The molecule has 0 amide bonds. The Morgan fingerprint density at radius 1 is 0.875 bits per heavy atom. The smallest absolute Gasteiger partial charge is 0.00976 e. The van der Waals surface area contributed by atoms with Gasteiger partial charge in [0.1, 0.15) is 0 Å². The molecule has 0 heteroatoms. The van der Waals surface area contributed by atoms with Crippen LogP contribution in [0.4, 0.5) is 0 Å². The summed E-state index contributed by atoms with van der Waals surface area (Å²) in [4.78, 5) is 0. The van der Waals surface area contributed by atoms with E-state index in [-0.39, 0.29) is 0 Å². The number of rotatable bonds is 0. The van der Waals surface area contributed by atoms with Gasteiger partial charge in [0.05, 0.1) is 0 Å². The summed E-state index contributed by atoms with van der Waals surface area (Å²) in [5, 5.41) is 0. The van der Waals surface area contributed by atoms with Crippen LogP contribution in [0.1, 0.15) is 62.8 Å². The second kappa shape index (κ2) is 3.35. The highest BCUT2D eigenvalue weighted by atomic mass is 14.4. The van der Waals surface area contributed by atoms with Crippen LogP contribution in [0.2, 0.25) is 0 Å². The van der Waals surface area contributed by atoms with Crippen molar-refractivity contribution in [1.29, 1.82) is 0 Å². The minimum absolute atomic E-state index is 0.348. The molecule has 0 atom stereocenters. The molecule has 2 rings (SSSR count). The van der Waals surface area contributed by atoms with Crippen LogP contribution >= 0.6 is 0 Å². The standard InChI is InChI=1S/C16H24/c1-11-7-8-13-14(12(11)2)16(5,6)10-9-15(13,3)4/h7-8H,9-10H2,1-6H3. The van der Waals surface area contributed by atoms with Gasteiger partial charge in [-0.05, 0) is 59.8 Å². The predicted octanol–water partition coefficient (Wildman–Crippen LogP) is 4.65. The maximum Gasteiger partial charge on any atom is -0.00976 e. The minimum atomic E-state index is 0.348. The van der Waals surface area contributed by atoms with Gasteiger partial charge >= 0.3 is 0 Å². The number of benzene rings is 1. The first-order valence-electron chi connectivity index (χ1n) is 6.37. The predicted molar refractivity (Wildman–Crippen MR) is 71.2 cm³/mol. The molecule has 1 aliphatic carbocycles. The van der Waals surface area contributed by atoms with E-state index in [1.165, 1.54) is 24.0 Å². The van der Waals surface area contributed by atoms with E-state index >= 15 is 0 Å². The molecule has 0 unspecified atom stereocenters. The molecule has 0 N–H and O–H groups in total. The summed E-state index contributed by atoms with van der Waals surface area (Å²) in [6.07, 6.45) is 2.60. The van der Waals surface area contributed by atoms with Crippen LogP contribution in [0.3, 0.4) is 0 Å². The molecule has 0 fully saturated rings. The van der Waals surface area contributed by atoms with Crippen molar-refractivity contribution in [2.75, 3.05) is 0 Å². The van der Waals surface area contributed by atoms with Gasteiger partial charge in [0.15, 0.2) is 0 Å².